The summed E-state index contributed by atoms with van der Waals surface area (Å²) in [5, 5.41) is 46.1. The van der Waals surface area contributed by atoms with E-state index in [1.54, 1.807) is 0 Å². The summed E-state index contributed by atoms with van der Waals surface area (Å²) in [5.74, 6) is -3.21. The lowest BCUT2D eigenvalue weighted by Gasteiger charge is -2.01. The highest BCUT2D eigenvalue weighted by molar-refractivity contribution is 5.96. The normalized spacial score (nSPS) is 10.7. The quantitative estimate of drug-likeness (QED) is 0.238. The van der Waals surface area contributed by atoms with Crippen molar-refractivity contribution >= 4 is 17.7 Å². The van der Waals surface area contributed by atoms with E-state index in [9.17, 15) is 25.1 Å². The minimum absolute atomic E-state index is 0.0871. The Balaban J connectivity index is 3.41. The lowest BCUT2D eigenvalue weighted by molar-refractivity contribution is -0.386. The minimum atomic E-state index is -1.51. The standard InChI is InChI=1S/C10H6N2O6/c11-4-6(10(15)16)1-5-2-7(12(17)18)9(14)8(13)3-5/h1-3,13-14H,(H,15,16). The maximum atomic E-state index is 10.6. The summed E-state index contributed by atoms with van der Waals surface area (Å²) in [4.78, 5) is 20.2. The summed E-state index contributed by atoms with van der Waals surface area (Å²) in [6, 6.07) is 3.13. The second kappa shape index (κ2) is 4.84. The molecule has 0 unspecified atom stereocenters. The molecule has 1 aromatic carbocycles. The maximum Gasteiger partial charge on any atom is 0.346 e. The summed E-state index contributed by atoms with van der Waals surface area (Å²) < 4.78 is 0. The van der Waals surface area contributed by atoms with Gasteiger partial charge in [-0.15, -0.1) is 0 Å². The van der Waals surface area contributed by atoms with Gasteiger partial charge in [0, 0.05) is 6.07 Å². The molecule has 0 aliphatic carbocycles. The third kappa shape index (κ3) is 2.53. The average Bonchev–Trinajstić information content (AvgIpc) is 2.29. The molecule has 0 aliphatic heterocycles. The van der Waals surface area contributed by atoms with Crippen molar-refractivity contribution in [1.29, 1.82) is 5.26 Å². The molecule has 0 bridgehead atoms. The van der Waals surface area contributed by atoms with Crippen molar-refractivity contribution in [3.8, 4) is 17.6 Å². The summed E-state index contributed by atoms with van der Waals surface area (Å²) in [6.07, 6.45) is 0.842. The highest BCUT2D eigenvalue weighted by Gasteiger charge is 2.19. The first-order chi connectivity index (χ1) is 8.36. The lowest BCUT2D eigenvalue weighted by atomic mass is 10.1. The van der Waals surface area contributed by atoms with Crippen LogP contribution in [0.2, 0.25) is 0 Å². The van der Waals surface area contributed by atoms with E-state index in [-0.39, 0.29) is 5.56 Å². The molecule has 3 N–H and O–H groups in total. The van der Waals surface area contributed by atoms with Gasteiger partial charge in [0.2, 0.25) is 5.75 Å². The number of carboxylic acids is 1. The van der Waals surface area contributed by atoms with Gasteiger partial charge in [0.05, 0.1) is 4.92 Å². The molecule has 1 rings (SSSR count). The molecule has 1 aromatic rings. The number of nitrogens with zero attached hydrogens (tertiary/aromatic N) is 2. The van der Waals surface area contributed by atoms with E-state index >= 15 is 0 Å². The molecule has 0 amide bonds. The molecular weight excluding hydrogens is 244 g/mol. The van der Waals surface area contributed by atoms with E-state index in [1.807, 2.05) is 0 Å². The average molecular weight is 250 g/mol. The van der Waals surface area contributed by atoms with Crippen molar-refractivity contribution in [2.24, 2.45) is 0 Å². The molecule has 0 radical (unpaired) electrons. The van der Waals surface area contributed by atoms with Crippen molar-refractivity contribution in [2.75, 3.05) is 0 Å². The zero-order valence-corrected chi connectivity index (χ0v) is 8.69. The number of hydrogen-bond acceptors (Lipinski definition) is 6. The highest BCUT2D eigenvalue weighted by atomic mass is 16.6. The molecule has 18 heavy (non-hydrogen) atoms. The summed E-state index contributed by atoms with van der Waals surface area (Å²) in [7, 11) is 0. The first kappa shape index (κ1) is 13.0. The van der Waals surface area contributed by atoms with Gasteiger partial charge in [-0.3, -0.25) is 10.1 Å². The van der Waals surface area contributed by atoms with E-state index in [2.05, 4.69) is 0 Å². The molecule has 0 saturated carbocycles. The van der Waals surface area contributed by atoms with E-state index in [1.165, 1.54) is 6.07 Å². The van der Waals surface area contributed by atoms with E-state index < -0.39 is 33.7 Å². The fourth-order valence-electron chi connectivity index (χ4n) is 1.16. The third-order valence-electron chi connectivity index (χ3n) is 1.95. The Morgan fingerprint density at radius 2 is 2.06 bits per heavy atom. The molecule has 0 aliphatic rings. The summed E-state index contributed by atoms with van der Waals surface area (Å²) >= 11 is 0. The molecule has 0 heterocycles. The largest absolute Gasteiger partial charge is 0.504 e. The topological polar surface area (TPSA) is 145 Å². The lowest BCUT2D eigenvalue weighted by Crippen LogP contribution is -1.97. The third-order valence-corrected chi connectivity index (χ3v) is 1.95. The van der Waals surface area contributed by atoms with Crippen molar-refractivity contribution < 1.29 is 25.0 Å². The van der Waals surface area contributed by atoms with Gasteiger partial charge in [-0.25, -0.2) is 4.79 Å². The number of phenols is 2. The second-order valence-electron chi connectivity index (χ2n) is 3.14. The predicted octanol–water partition coefficient (Wildman–Crippen LogP) is 0.998. The second-order valence-corrected chi connectivity index (χ2v) is 3.14. The molecule has 92 valence electrons. The van der Waals surface area contributed by atoms with Gasteiger partial charge in [-0.2, -0.15) is 5.26 Å². The Bertz CT molecular complexity index is 599. The number of nitro groups is 1. The minimum Gasteiger partial charge on any atom is -0.504 e. The number of carboxylic acid groups (broad SMARTS) is 1. The number of hydrogen-bond donors (Lipinski definition) is 3. The van der Waals surface area contributed by atoms with Crippen molar-refractivity contribution in [2.45, 2.75) is 0 Å². The van der Waals surface area contributed by atoms with Crippen LogP contribution in [-0.4, -0.2) is 26.2 Å². The van der Waals surface area contributed by atoms with Crippen LogP contribution in [0, 0.1) is 21.4 Å². The number of rotatable bonds is 3. The van der Waals surface area contributed by atoms with Crippen molar-refractivity contribution in [3.05, 3.63) is 33.4 Å². The van der Waals surface area contributed by atoms with Crippen LogP contribution >= 0.6 is 0 Å². The summed E-state index contributed by atoms with van der Waals surface area (Å²) in [5.41, 5.74) is -1.53. The van der Waals surface area contributed by atoms with Crippen molar-refractivity contribution in [1.82, 2.24) is 0 Å². The molecule has 0 atom stereocenters. The fourth-order valence-corrected chi connectivity index (χ4v) is 1.16. The van der Waals surface area contributed by atoms with E-state index in [0.717, 1.165) is 18.2 Å². The molecule has 8 heteroatoms. The predicted molar refractivity (Wildman–Crippen MR) is 57.7 cm³/mol. The molecule has 0 spiro atoms. The Morgan fingerprint density at radius 1 is 1.44 bits per heavy atom. The molecule has 0 aromatic heterocycles. The number of aliphatic carboxylic acids is 1. The molecule has 0 saturated heterocycles. The number of carbonyl (C=O) groups is 1. The number of benzene rings is 1. The van der Waals surface area contributed by atoms with Crippen LogP contribution in [0.1, 0.15) is 5.56 Å². The van der Waals surface area contributed by atoms with Crippen molar-refractivity contribution in [3.63, 3.8) is 0 Å². The number of aromatic hydroxyl groups is 2. The first-order valence-corrected chi connectivity index (χ1v) is 4.42. The summed E-state index contributed by atoms with van der Waals surface area (Å²) in [6.45, 7) is 0. The van der Waals surface area contributed by atoms with Gasteiger partial charge in [0.15, 0.2) is 5.75 Å². The van der Waals surface area contributed by atoms with Crippen LogP contribution in [0.3, 0.4) is 0 Å². The first-order valence-electron chi connectivity index (χ1n) is 4.42. The van der Waals surface area contributed by atoms with Gasteiger partial charge < -0.3 is 15.3 Å². The zero-order chi connectivity index (χ0) is 13.9. The smallest absolute Gasteiger partial charge is 0.346 e. The Kier molecular flexibility index (Phi) is 3.49. The van der Waals surface area contributed by atoms with Gasteiger partial charge in [0.1, 0.15) is 11.6 Å². The van der Waals surface area contributed by atoms with Gasteiger partial charge in [-0.1, -0.05) is 0 Å². The molecule has 8 nitrogen and oxygen atoms in total. The van der Waals surface area contributed by atoms with Crippen LogP contribution in [0.4, 0.5) is 5.69 Å². The highest BCUT2D eigenvalue weighted by Crippen LogP contribution is 2.36. The Morgan fingerprint density at radius 3 is 2.50 bits per heavy atom. The van der Waals surface area contributed by atoms with Crippen LogP contribution in [-0.2, 0) is 4.79 Å². The van der Waals surface area contributed by atoms with E-state index in [0.29, 0.717) is 0 Å². The van der Waals surface area contributed by atoms with Crippen LogP contribution in [0.15, 0.2) is 17.7 Å². The Labute approximate surface area is 99.8 Å². The van der Waals surface area contributed by atoms with Gasteiger partial charge in [0.25, 0.3) is 0 Å². The molecule has 0 fully saturated rings. The van der Waals surface area contributed by atoms with Crippen LogP contribution in [0.25, 0.3) is 6.08 Å². The van der Waals surface area contributed by atoms with Crippen LogP contribution < -0.4 is 0 Å². The van der Waals surface area contributed by atoms with E-state index in [4.69, 9.17) is 10.4 Å². The molecular formula is C10H6N2O6. The number of nitro benzene ring substituents is 1. The van der Waals surface area contributed by atoms with Gasteiger partial charge in [-0.05, 0) is 17.7 Å². The van der Waals surface area contributed by atoms with Crippen LogP contribution in [0.5, 0.6) is 11.5 Å². The maximum absolute atomic E-state index is 10.6. The monoisotopic (exact) mass is 250 g/mol. The van der Waals surface area contributed by atoms with Gasteiger partial charge >= 0.3 is 11.7 Å². The number of phenolic OH excluding ortho intramolecular Hbond substituents is 2. The zero-order valence-electron chi connectivity index (χ0n) is 8.69. The SMILES string of the molecule is N#CC(=Cc1cc(O)c(O)c([N+](=O)[O-])c1)C(=O)O. The number of nitriles is 1. The fraction of sp³-hybridized carbons (Fsp3) is 0. The Hall–Kier alpha value is -3.08.